The molecular formula is C38H35ClO3. The highest BCUT2D eigenvalue weighted by molar-refractivity contribution is 6.30. The van der Waals surface area contributed by atoms with Gasteiger partial charge in [-0.25, -0.2) is 0 Å². The number of ether oxygens (including phenoxy) is 3. The Labute approximate surface area is 254 Å². The Kier molecular flexibility index (Phi) is 10.5. The van der Waals surface area contributed by atoms with Crippen molar-refractivity contribution in [3.05, 3.63) is 166 Å². The average Bonchev–Trinajstić information content (AvgIpc) is 3.04. The molecule has 0 atom stereocenters. The van der Waals surface area contributed by atoms with E-state index in [2.05, 4.69) is 73.7 Å². The van der Waals surface area contributed by atoms with Crippen LogP contribution in [-0.2, 0) is 18.0 Å². The highest BCUT2D eigenvalue weighted by atomic mass is 35.5. The van der Waals surface area contributed by atoms with Crippen LogP contribution in [0.4, 0.5) is 0 Å². The van der Waals surface area contributed by atoms with Crippen molar-refractivity contribution >= 4 is 22.7 Å². The molecule has 0 spiro atoms. The van der Waals surface area contributed by atoms with E-state index in [1.165, 1.54) is 5.57 Å². The fourth-order valence-corrected chi connectivity index (χ4v) is 5.00. The predicted octanol–water partition coefficient (Wildman–Crippen LogP) is 9.88. The number of allylic oxidation sites excluding steroid dienone is 1. The van der Waals surface area contributed by atoms with E-state index in [9.17, 15) is 0 Å². The normalized spacial score (nSPS) is 11.6. The minimum atomic E-state index is 0.487. The lowest BCUT2D eigenvalue weighted by atomic mass is 9.88. The third-order valence-electron chi connectivity index (χ3n) is 6.97. The summed E-state index contributed by atoms with van der Waals surface area (Å²) in [7, 11) is 0. The molecule has 0 aliphatic carbocycles. The van der Waals surface area contributed by atoms with Crippen LogP contribution in [0.3, 0.4) is 0 Å². The fraction of sp³-hybridized carbons (Fsp3) is 0.158. The molecule has 0 amide bonds. The van der Waals surface area contributed by atoms with Crippen molar-refractivity contribution < 1.29 is 14.2 Å². The Morgan fingerprint density at radius 2 is 1.19 bits per heavy atom. The fourth-order valence-electron chi connectivity index (χ4n) is 4.87. The van der Waals surface area contributed by atoms with E-state index in [-0.39, 0.29) is 0 Å². The Hall–Kier alpha value is -4.31. The first-order valence-electron chi connectivity index (χ1n) is 14.3. The van der Waals surface area contributed by atoms with Crippen LogP contribution in [0.15, 0.2) is 133 Å². The third-order valence-corrected chi connectivity index (χ3v) is 7.22. The van der Waals surface area contributed by atoms with Gasteiger partial charge >= 0.3 is 0 Å². The largest absolute Gasteiger partial charge is 0.491 e. The first-order valence-corrected chi connectivity index (χ1v) is 14.7. The lowest BCUT2D eigenvalue weighted by molar-refractivity contribution is 0.0889. The van der Waals surface area contributed by atoms with Gasteiger partial charge in [0.2, 0.25) is 0 Å². The van der Waals surface area contributed by atoms with Gasteiger partial charge in [0.15, 0.2) is 0 Å². The van der Waals surface area contributed by atoms with Crippen molar-refractivity contribution in [1.82, 2.24) is 0 Å². The molecule has 0 aliphatic heterocycles. The van der Waals surface area contributed by atoms with E-state index in [0.717, 1.165) is 56.3 Å². The second kappa shape index (κ2) is 15.1. The van der Waals surface area contributed by atoms with Gasteiger partial charge in [-0.3, -0.25) is 0 Å². The van der Waals surface area contributed by atoms with Crippen LogP contribution < -0.4 is 9.47 Å². The second-order valence-electron chi connectivity index (χ2n) is 9.93. The zero-order valence-corrected chi connectivity index (χ0v) is 24.6. The van der Waals surface area contributed by atoms with Gasteiger partial charge in [0, 0.05) is 5.02 Å². The molecule has 0 fully saturated rings. The summed E-state index contributed by atoms with van der Waals surface area (Å²) < 4.78 is 17.9. The van der Waals surface area contributed by atoms with Crippen LogP contribution in [0.25, 0.3) is 11.1 Å². The molecule has 3 nitrogen and oxygen atoms in total. The number of hydrogen-bond donors (Lipinski definition) is 0. The van der Waals surface area contributed by atoms with Crippen molar-refractivity contribution in [2.75, 3.05) is 13.2 Å². The summed E-state index contributed by atoms with van der Waals surface area (Å²) in [6.45, 7) is 4.29. The van der Waals surface area contributed by atoms with Gasteiger partial charge in [0.05, 0.1) is 13.2 Å². The van der Waals surface area contributed by atoms with Crippen LogP contribution in [0.5, 0.6) is 11.5 Å². The van der Waals surface area contributed by atoms with Gasteiger partial charge in [-0.15, -0.1) is 0 Å². The number of hydrogen-bond acceptors (Lipinski definition) is 3. The van der Waals surface area contributed by atoms with Gasteiger partial charge in [-0.1, -0.05) is 116 Å². The van der Waals surface area contributed by atoms with E-state index in [1.54, 1.807) is 0 Å². The van der Waals surface area contributed by atoms with E-state index in [0.29, 0.717) is 26.4 Å². The molecule has 0 aromatic heterocycles. The van der Waals surface area contributed by atoms with Crippen LogP contribution in [0, 0.1) is 0 Å². The molecule has 0 saturated carbocycles. The average molecular weight is 575 g/mol. The molecule has 42 heavy (non-hydrogen) atoms. The number of halogens is 1. The summed E-state index contributed by atoms with van der Waals surface area (Å²) in [5.41, 5.74) is 8.02. The zero-order valence-electron chi connectivity index (χ0n) is 23.8. The molecule has 5 aromatic rings. The van der Waals surface area contributed by atoms with E-state index >= 15 is 0 Å². The maximum atomic E-state index is 6.23. The van der Waals surface area contributed by atoms with Crippen molar-refractivity contribution in [3.63, 3.8) is 0 Å². The minimum Gasteiger partial charge on any atom is -0.491 e. The Morgan fingerprint density at radius 3 is 1.86 bits per heavy atom. The molecule has 212 valence electrons. The van der Waals surface area contributed by atoms with Gasteiger partial charge in [0.25, 0.3) is 0 Å². The third kappa shape index (κ3) is 8.13. The molecule has 5 rings (SSSR count). The highest BCUT2D eigenvalue weighted by Crippen LogP contribution is 2.36. The molecule has 4 heteroatoms. The summed E-state index contributed by atoms with van der Waals surface area (Å²) in [6, 6.07) is 45.1. The van der Waals surface area contributed by atoms with Gasteiger partial charge in [0.1, 0.15) is 24.7 Å². The van der Waals surface area contributed by atoms with Crippen LogP contribution in [-0.4, -0.2) is 13.2 Å². The Morgan fingerprint density at radius 1 is 0.548 bits per heavy atom. The summed E-state index contributed by atoms with van der Waals surface area (Å²) in [5, 5.41) is 0.723. The maximum Gasteiger partial charge on any atom is 0.120 e. The molecule has 0 radical (unpaired) electrons. The first-order chi connectivity index (χ1) is 20.7. The van der Waals surface area contributed by atoms with Gasteiger partial charge in [-0.2, -0.15) is 0 Å². The summed E-state index contributed by atoms with van der Waals surface area (Å²) in [6.07, 6.45) is 0.850. The zero-order chi connectivity index (χ0) is 29.0. The maximum absolute atomic E-state index is 6.23. The molecule has 5 aromatic carbocycles. The topological polar surface area (TPSA) is 27.7 Å². The number of benzene rings is 5. The lowest BCUT2D eigenvalue weighted by Gasteiger charge is -2.18. The smallest absolute Gasteiger partial charge is 0.120 e. The van der Waals surface area contributed by atoms with E-state index in [1.807, 2.05) is 66.7 Å². The monoisotopic (exact) mass is 574 g/mol. The Bertz CT molecular complexity index is 1560. The molecular weight excluding hydrogens is 540 g/mol. The summed E-state index contributed by atoms with van der Waals surface area (Å²) >= 11 is 6.23. The summed E-state index contributed by atoms with van der Waals surface area (Å²) in [5.74, 6) is 1.64. The minimum absolute atomic E-state index is 0.487. The van der Waals surface area contributed by atoms with Crippen LogP contribution in [0.1, 0.15) is 41.2 Å². The predicted molar refractivity (Wildman–Crippen MR) is 173 cm³/mol. The SMILES string of the molecule is CCC(=C(c1ccc(OCCOCc2ccccc2)cc1)c1cccc(OCc2ccccc2)c1)c1ccc(Cl)cc1. The Balaban J connectivity index is 1.36. The lowest BCUT2D eigenvalue weighted by Crippen LogP contribution is -2.06. The van der Waals surface area contributed by atoms with Crippen molar-refractivity contribution in [2.24, 2.45) is 0 Å². The first kappa shape index (κ1) is 29.2. The van der Waals surface area contributed by atoms with E-state index in [4.69, 9.17) is 25.8 Å². The van der Waals surface area contributed by atoms with Crippen LogP contribution in [0.2, 0.25) is 5.02 Å². The van der Waals surface area contributed by atoms with E-state index < -0.39 is 0 Å². The van der Waals surface area contributed by atoms with Crippen molar-refractivity contribution in [2.45, 2.75) is 26.6 Å². The molecule has 0 saturated heterocycles. The molecule has 0 N–H and O–H groups in total. The van der Waals surface area contributed by atoms with Gasteiger partial charge < -0.3 is 14.2 Å². The van der Waals surface area contributed by atoms with Crippen LogP contribution >= 0.6 is 11.6 Å². The standard InChI is InChI=1S/C38H35ClO3/c1-2-37(31-16-20-34(39)21-17-31)38(33-14-9-15-36(26-33)42-28-30-12-7-4-8-13-30)32-18-22-35(23-19-32)41-25-24-40-27-29-10-5-3-6-11-29/h3-23,26H,2,24-25,27-28H2,1H3. The van der Waals surface area contributed by atoms with Gasteiger partial charge in [-0.05, 0) is 81.8 Å². The molecule has 0 unspecified atom stereocenters. The molecule has 0 heterocycles. The molecule has 0 aliphatic rings. The number of rotatable bonds is 13. The highest BCUT2D eigenvalue weighted by Gasteiger charge is 2.14. The quantitative estimate of drug-likeness (QED) is 0.103. The van der Waals surface area contributed by atoms with Crippen molar-refractivity contribution in [3.8, 4) is 11.5 Å². The summed E-state index contributed by atoms with van der Waals surface area (Å²) in [4.78, 5) is 0. The second-order valence-corrected chi connectivity index (χ2v) is 10.4. The molecule has 0 bridgehead atoms. The van der Waals surface area contributed by atoms with Crippen molar-refractivity contribution in [1.29, 1.82) is 0 Å².